The number of anilines is 1. The van der Waals surface area contributed by atoms with Gasteiger partial charge in [-0.25, -0.2) is 4.98 Å². The highest BCUT2D eigenvalue weighted by Crippen LogP contribution is 2.23. The number of morpholine rings is 1. The molecule has 2 aromatic rings. The second kappa shape index (κ2) is 7.77. The summed E-state index contributed by atoms with van der Waals surface area (Å²) in [6.07, 6.45) is 1.22. The summed E-state index contributed by atoms with van der Waals surface area (Å²) in [5.41, 5.74) is 0.886. The fraction of sp³-hybridized carbons (Fsp3) is 0.444. The van der Waals surface area contributed by atoms with Crippen molar-refractivity contribution in [3.05, 3.63) is 46.3 Å². The Morgan fingerprint density at radius 1 is 1.38 bits per heavy atom. The van der Waals surface area contributed by atoms with E-state index in [9.17, 15) is 4.79 Å². The highest BCUT2D eigenvalue weighted by atomic mass is 32.1. The molecule has 2 aromatic heterocycles. The molecule has 0 saturated carbocycles. The monoisotopic (exact) mass is 345 g/mol. The van der Waals surface area contributed by atoms with Gasteiger partial charge in [-0.1, -0.05) is 12.1 Å². The van der Waals surface area contributed by atoms with Gasteiger partial charge in [0.25, 0.3) is 0 Å². The van der Waals surface area contributed by atoms with Crippen LogP contribution in [0.5, 0.6) is 0 Å². The average molecular weight is 345 g/mol. The summed E-state index contributed by atoms with van der Waals surface area (Å²) in [7, 11) is 3.93. The molecule has 3 rings (SSSR count). The molecule has 3 heterocycles. The molecule has 1 atom stereocenters. The zero-order valence-electron chi connectivity index (χ0n) is 14.1. The lowest BCUT2D eigenvalue weighted by molar-refractivity contribution is -0.139. The zero-order valence-corrected chi connectivity index (χ0v) is 15.0. The SMILES string of the molecule is CN(C)c1cccc([C@@H]2CN(C(=O)CCc3cccs3)CCO2)n1. The zero-order chi connectivity index (χ0) is 16.9. The van der Waals surface area contributed by atoms with Crippen LogP contribution in [0.15, 0.2) is 35.7 Å². The van der Waals surface area contributed by atoms with Crippen molar-refractivity contribution >= 4 is 23.1 Å². The molecule has 0 N–H and O–H groups in total. The van der Waals surface area contributed by atoms with Crippen LogP contribution in [0.3, 0.4) is 0 Å². The number of amides is 1. The maximum atomic E-state index is 12.5. The van der Waals surface area contributed by atoms with E-state index in [0.717, 1.165) is 17.9 Å². The Balaban J connectivity index is 1.61. The fourth-order valence-corrected chi connectivity index (χ4v) is 3.47. The van der Waals surface area contributed by atoms with Crippen LogP contribution in [0, 0.1) is 0 Å². The first-order valence-corrected chi connectivity index (χ1v) is 9.07. The van der Waals surface area contributed by atoms with Crippen LogP contribution in [0.1, 0.15) is 23.1 Å². The Bertz CT molecular complexity index is 673. The number of pyridine rings is 1. The third-order valence-corrected chi connectivity index (χ3v) is 5.06. The molecule has 0 aromatic carbocycles. The Labute approximate surface area is 146 Å². The van der Waals surface area contributed by atoms with Gasteiger partial charge in [-0.2, -0.15) is 0 Å². The summed E-state index contributed by atoms with van der Waals surface area (Å²) in [5.74, 6) is 1.10. The van der Waals surface area contributed by atoms with Crippen molar-refractivity contribution < 1.29 is 9.53 Å². The third-order valence-electron chi connectivity index (χ3n) is 4.13. The quantitative estimate of drug-likeness (QED) is 0.836. The van der Waals surface area contributed by atoms with E-state index >= 15 is 0 Å². The standard InChI is InChI=1S/C18H23N3O2S/c1-20(2)17-7-3-6-15(19-17)16-13-21(10-11-23-16)18(22)9-8-14-5-4-12-24-14/h3-7,12,16H,8-11,13H2,1-2H3/t16-/m0/s1. The van der Waals surface area contributed by atoms with Gasteiger partial charge in [0.2, 0.25) is 5.91 Å². The Morgan fingerprint density at radius 2 is 2.25 bits per heavy atom. The number of carbonyl (C=O) groups is 1. The number of rotatable bonds is 5. The number of aromatic nitrogens is 1. The van der Waals surface area contributed by atoms with Gasteiger partial charge in [0.1, 0.15) is 11.9 Å². The van der Waals surface area contributed by atoms with E-state index in [1.54, 1.807) is 11.3 Å². The largest absolute Gasteiger partial charge is 0.368 e. The molecule has 0 radical (unpaired) electrons. The van der Waals surface area contributed by atoms with E-state index in [1.165, 1.54) is 4.88 Å². The van der Waals surface area contributed by atoms with Crippen LogP contribution >= 0.6 is 11.3 Å². The molecular formula is C18H23N3O2S. The van der Waals surface area contributed by atoms with Crippen molar-refractivity contribution in [2.45, 2.75) is 18.9 Å². The lowest BCUT2D eigenvalue weighted by atomic mass is 10.1. The number of hydrogen-bond acceptors (Lipinski definition) is 5. The third kappa shape index (κ3) is 4.13. The number of nitrogens with zero attached hydrogens (tertiary/aromatic N) is 3. The van der Waals surface area contributed by atoms with Gasteiger partial charge in [-0.05, 0) is 30.0 Å². The van der Waals surface area contributed by atoms with Gasteiger partial charge in [0.15, 0.2) is 0 Å². The van der Waals surface area contributed by atoms with E-state index in [4.69, 9.17) is 4.74 Å². The minimum absolute atomic E-state index is 0.149. The Morgan fingerprint density at radius 3 is 3.00 bits per heavy atom. The highest BCUT2D eigenvalue weighted by Gasteiger charge is 2.26. The van der Waals surface area contributed by atoms with E-state index < -0.39 is 0 Å². The van der Waals surface area contributed by atoms with Crippen molar-refractivity contribution in [2.24, 2.45) is 0 Å². The molecule has 24 heavy (non-hydrogen) atoms. The van der Waals surface area contributed by atoms with Crippen LogP contribution in [-0.2, 0) is 16.0 Å². The maximum absolute atomic E-state index is 12.5. The number of carbonyl (C=O) groups excluding carboxylic acids is 1. The Hall–Kier alpha value is -1.92. The minimum Gasteiger partial charge on any atom is -0.368 e. The van der Waals surface area contributed by atoms with Crippen molar-refractivity contribution in [2.75, 3.05) is 38.7 Å². The molecule has 1 saturated heterocycles. The molecule has 6 heteroatoms. The van der Waals surface area contributed by atoms with Gasteiger partial charge in [-0.3, -0.25) is 4.79 Å². The van der Waals surface area contributed by atoms with Crippen LogP contribution in [-0.4, -0.2) is 49.6 Å². The van der Waals surface area contributed by atoms with Crippen molar-refractivity contribution in [1.82, 2.24) is 9.88 Å². The summed E-state index contributed by atoms with van der Waals surface area (Å²) in [5, 5.41) is 2.05. The van der Waals surface area contributed by atoms with Gasteiger partial charge in [-0.15, -0.1) is 11.3 Å². The topological polar surface area (TPSA) is 45.7 Å². The summed E-state index contributed by atoms with van der Waals surface area (Å²) >= 11 is 1.70. The first-order chi connectivity index (χ1) is 11.6. The van der Waals surface area contributed by atoms with Crippen LogP contribution in [0.4, 0.5) is 5.82 Å². The second-order valence-corrected chi connectivity index (χ2v) is 7.13. The number of aryl methyl sites for hydroxylation is 1. The van der Waals surface area contributed by atoms with E-state index in [0.29, 0.717) is 26.1 Å². The molecule has 128 valence electrons. The molecular weight excluding hydrogens is 322 g/mol. The average Bonchev–Trinajstić information content (AvgIpc) is 3.13. The molecule has 1 aliphatic heterocycles. The first-order valence-electron chi connectivity index (χ1n) is 8.19. The maximum Gasteiger partial charge on any atom is 0.223 e. The van der Waals surface area contributed by atoms with Crippen molar-refractivity contribution in [3.63, 3.8) is 0 Å². The van der Waals surface area contributed by atoms with E-state index in [1.807, 2.05) is 53.5 Å². The molecule has 1 amide bonds. The van der Waals surface area contributed by atoms with Crippen LogP contribution in [0.2, 0.25) is 0 Å². The fourth-order valence-electron chi connectivity index (χ4n) is 2.77. The van der Waals surface area contributed by atoms with Crippen LogP contribution in [0.25, 0.3) is 0 Å². The summed E-state index contributed by atoms with van der Waals surface area (Å²) < 4.78 is 5.86. The molecule has 0 spiro atoms. The van der Waals surface area contributed by atoms with Gasteiger partial charge in [0.05, 0.1) is 18.8 Å². The summed E-state index contributed by atoms with van der Waals surface area (Å²) in [6, 6.07) is 10.0. The number of thiophene rings is 1. The molecule has 0 bridgehead atoms. The smallest absolute Gasteiger partial charge is 0.223 e. The summed E-state index contributed by atoms with van der Waals surface area (Å²) in [4.78, 5) is 22.3. The molecule has 1 fully saturated rings. The van der Waals surface area contributed by atoms with Gasteiger partial charge in [0, 0.05) is 31.9 Å². The van der Waals surface area contributed by atoms with Crippen LogP contribution < -0.4 is 4.90 Å². The van der Waals surface area contributed by atoms with Gasteiger partial charge < -0.3 is 14.5 Å². The Kier molecular flexibility index (Phi) is 5.48. The molecule has 1 aliphatic rings. The minimum atomic E-state index is -0.149. The van der Waals surface area contributed by atoms with Gasteiger partial charge >= 0.3 is 0 Å². The molecule has 0 aliphatic carbocycles. The van der Waals surface area contributed by atoms with E-state index in [-0.39, 0.29) is 12.0 Å². The van der Waals surface area contributed by atoms with E-state index in [2.05, 4.69) is 11.1 Å². The predicted octanol–water partition coefficient (Wildman–Crippen LogP) is 2.74. The van der Waals surface area contributed by atoms with Crippen molar-refractivity contribution in [3.8, 4) is 0 Å². The number of hydrogen-bond donors (Lipinski definition) is 0. The predicted molar refractivity (Wildman–Crippen MR) is 96.5 cm³/mol. The first kappa shape index (κ1) is 16.9. The lowest BCUT2D eigenvalue weighted by Gasteiger charge is -2.33. The highest BCUT2D eigenvalue weighted by molar-refractivity contribution is 7.09. The van der Waals surface area contributed by atoms with Crippen molar-refractivity contribution in [1.29, 1.82) is 0 Å². The normalized spacial score (nSPS) is 17.8. The number of ether oxygens (including phenoxy) is 1. The summed E-state index contributed by atoms with van der Waals surface area (Å²) in [6.45, 7) is 1.80. The second-order valence-electron chi connectivity index (χ2n) is 6.09. The molecule has 5 nitrogen and oxygen atoms in total. The lowest BCUT2D eigenvalue weighted by Crippen LogP contribution is -2.42. The molecule has 0 unspecified atom stereocenters.